The first-order valence-electron chi connectivity index (χ1n) is 8.11. The summed E-state index contributed by atoms with van der Waals surface area (Å²) in [7, 11) is 0. The van der Waals surface area contributed by atoms with E-state index >= 15 is 0 Å². The number of aliphatic hydroxyl groups excluding tert-OH is 1. The molecule has 1 spiro atoms. The van der Waals surface area contributed by atoms with Crippen LogP contribution in [0.4, 0.5) is 0 Å². The fourth-order valence-electron chi connectivity index (χ4n) is 4.02. The predicted molar refractivity (Wildman–Crippen MR) is 82.7 cm³/mol. The van der Waals surface area contributed by atoms with Crippen molar-refractivity contribution in [1.29, 1.82) is 5.26 Å². The zero-order chi connectivity index (χ0) is 14.7. The predicted octanol–water partition coefficient (Wildman–Crippen LogP) is 3.25. The Kier molecular flexibility index (Phi) is 4.28. The van der Waals surface area contributed by atoms with Crippen LogP contribution >= 0.6 is 0 Å². The van der Waals surface area contributed by atoms with E-state index in [0.717, 1.165) is 18.7 Å². The molecule has 1 aliphatic carbocycles. The summed E-state index contributed by atoms with van der Waals surface area (Å²) in [6.45, 7) is 2.99. The second-order valence-electron chi connectivity index (χ2n) is 6.80. The highest BCUT2D eigenvalue weighted by molar-refractivity contribution is 5.32. The van der Waals surface area contributed by atoms with Gasteiger partial charge in [0.1, 0.15) is 0 Å². The lowest BCUT2D eigenvalue weighted by Gasteiger charge is -2.33. The van der Waals surface area contributed by atoms with E-state index in [-0.39, 0.29) is 0 Å². The van der Waals surface area contributed by atoms with Crippen LogP contribution in [0.1, 0.15) is 55.8 Å². The maximum Gasteiger partial charge on any atom is 0.0991 e. The molecule has 1 N–H and O–H groups in total. The summed E-state index contributed by atoms with van der Waals surface area (Å²) < 4.78 is 0. The number of rotatable bonds is 3. The lowest BCUT2D eigenvalue weighted by atomic mass is 9.73. The van der Waals surface area contributed by atoms with E-state index in [4.69, 9.17) is 5.26 Å². The largest absolute Gasteiger partial charge is 0.387 e. The van der Waals surface area contributed by atoms with E-state index in [1.54, 1.807) is 12.1 Å². The molecule has 1 aromatic rings. The molecule has 1 saturated heterocycles. The van der Waals surface area contributed by atoms with E-state index in [2.05, 4.69) is 11.0 Å². The SMILES string of the molecule is N#Cc1ccc(C(O)CN2CCC3(CCCCC3)C2)cc1. The van der Waals surface area contributed by atoms with Crippen LogP contribution in [0.2, 0.25) is 0 Å². The van der Waals surface area contributed by atoms with Crippen LogP contribution in [-0.2, 0) is 0 Å². The molecule has 2 fully saturated rings. The Labute approximate surface area is 127 Å². The van der Waals surface area contributed by atoms with Gasteiger partial charge < -0.3 is 5.11 Å². The highest BCUT2D eigenvalue weighted by atomic mass is 16.3. The number of aliphatic hydroxyl groups is 1. The van der Waals surface area contributed by atoms with Crippen molar-refractivity contribution in [1.82, 2.24) is 4.90 Å². The molecule has 2 aliphatic rings. The highest BCUT2D eigenvalue weighted by Gasteiger charge is 2.39. The first-order valence-corrected chi connectivity index (χ1v) is 8.11. The first-order chi connectivity index (χ1) is 10.2. The number of hydrogen-bond donors (Lipinski definition) is 1. The summed E-state index contributed by atoms with van der Waals surface area (Å²) in [6, 6.07) is 9.42. The van der Waals surface area contributed by atoms with E-state index < -0.39 is 6.10 Å². The van der Waals surface area contributed by atoms with Gasteiger partial charge >= 0.3 is 0 Å². The van der Waals surface area contributed by atoms with Crippen molar-refractivity contribution in [2.75, 3.05) is 19.6 Å². The van der Waals surface area contributed by atoms with Gasteiger partial charge in [0.25, 0.3) is 0 Å². The van der Waals surface area contributed by atoms with Crippen LogP contribution in [0, 0.1) is 16.7 Å². The molecule has 3 rings (SSSR count). The molecule has 1 aliphatic heterocycles. The molecule has 1 atom stereocenters. The van der Waals surface area contributed by atoms with Crippen molar-refractivity contribution in [2.24, 2.45) is 5.41 Å². The maximum absolute atomic E-state index is 10.4. The molecule has 0 amide bonds. The Morgan fingerprint density at radius 1 is 1.14 bits per heavy atom. The number of nitrogens with zero attached hydrogens (tertiary/aromatic N) is 2. The molecule has 3 heteroatoms. The van der Waals surface area contributed by atoms with Crippen molar-refractivity contribution in [3.8, 4) is 6.07 Å². The Balaban J connectivity index is 1.58. The fourth-order valence-corrected chi connectivity index (χ4v) is 4.02. The molecule has 0 bridgehead atoms. The van der Waals surface area contributed by atoms with Crippen LogP contribution in [-0.4, -0.2) is 29.6 Å². The van der Waals surface area contributed by atoms with Gasteiger partial charge in [-0.1, -0.05) is 31.4 Å². The standard InChI is InChI=1S/C18H24N2O/c19-12-15-4-6-16(7-5-15)17(21)13-20-11-10-18(14-20)8-2-1-3-9-18/h4-7,17,21H,1-3,8-11,13-14H2. The molecule has 1 aromatic carbocycles. The minimum atomic E-state index is -0.448. The van der Waals surface area contributed by atoms with Crippen molar-refractivity contribution < 1.29 is 5.11 Å². The molecule has 0 aromatic heterocycles. The van der Waals surface area contributed by atoms with Crippen molar-refractivity contribution in [3.63, 3.8) is 0 Å². The van der Waals surface area contributed by atoms with Gasteiger partial charge in [-0.3, -0.25) is 4.90 Å². The summed E-state index contributed by atoms with van der Waals surface area (Å²) >= 11 is 0. The lowest BCUT2D eigenvalue weighted by Crippen LogP contribution is -2.31. The Morgan fingerprint density at radius 3 is 2.52 bits per heavy atom. The van der Waals surface area contributed by atoms with Gasteiger partial charge in [-0.05, 0) is 48.9 Å². The van der Waals surface area contributed by atoms with Crippen LogP contribution < -0.4 is 0 Å². The average molecular weight is 284 g/mol. The summed E-state index contributed by atoms with van der Waals surface area (Å²) in [6.07, 6.45) is 7.75. The van der Waals surface area contributed by atoms with Crippen LogP contribution in [0.25, 0.3) is 0 Å². The third-order valence-electron chi connectivity index (χ3n) is 5.29. The maximum atomic E-state index is 10.4. The normalized spacial score (nSPS) is 23.0. The van der Waals surface area contributed by atoms with Crippen molar-refractivity contribution in [2.45, 2.75) is 44.6 Å². The highest BCUT2D eigenvalue weighted by Crippen LogP contribution is 2.43. The number of hydrogen-bond acceptors (Lipinski definition) is 3. The minimum Gasteiger partial charge on any atom is -0.387 e. The minimum absolute atomic E-state index is 0.448. The van der Waals surface area contributed by atoms with E-state index in [1.165, 1.54) is 38.5 Å². The van der Waals surface area contributed by atoms with Gasteiger partial charge in [0, 0.05) is 13.1 Å². The van der Waals surface area contributed by atoms with Crippen LogP contribution in [0.15, 0.2) is 24.3 Å². The van der Waals surface area contributed by atoms with Gasteiger partial charge in [-0.2, -0.15) is 5.26 Å². The quantitative estimate of drug-likeness (QED) is 0.927. The third kappa shape index (κ3) is 3.28. The Morgan fingerprint density at radius 2 is 1.86 bits per heavy atom. The van der Waals surface area contributed by atoms with Crippen molar-refractivity contribution in [3.05, 3.63) is 35.4 Å². The Hall–Kier alpha value is -1.37. The molecular weight excluding hydrogens is 260 g/mol. The van der Waals surface area contributed by atoms with Crippen molar-refractivity contribution >= 4 is 0 Å². The molecule has 3 nitrogen and oxygen atoms in total. The smallest absolute Gasteiger partial charge is 0.0991 e. The van der Waals surface area contributed by atoms with Gasteiger partial charge in [0.05, 0.1) is 17.7 Å². The monoisotopic (exact) mass is 284 g/mol. The average Bonchev–Trinajstić information content (AvgIpc) is 2.90. The second kappa shape index (κ2) is 6.17. The molecule has 112 valence electrons. The number of benzene rings is 1. The molecule has 1 saturated carbocycles. The van der Waals surface area contributed by atoms with Gasteiger partial charge in [0.15, 0.2) is 0 Å². The summed E-state index contributed by atoms with van der Waals surface area (Å²) in [5.41, 5.74) is 2.11. The van der Waals surface area contributed by atoms with E-state index in [0.29, 0.717) is 17.5 Å². The molecule has 21 heavy (non-hydrogen) atoms. The number of likely N-dealkylation sites (tertiary alicyclic amines) is 1. The third-order valence-corrected chi connectivity index (χ3v) is 5.29. The van der Waals surface area contributed by atoms with Gasteiger partial charge in [0.2, 0.25) is 0 Å². The van der Waals surface area contributed by atoms with Gasteiger partial charge in [-0.15, -0.1) is 0 Å². The molecular formula is C18H24N2O. The van der Waals surface area contributed by atoms with Gasteiger partial charge in [-0.25, -0.2) is 0 Å². The first kappa shape index (κ1) is 14.6. The topological polar surface area (TPSA) is 47.3 Å². The molecule has 1 heterocycles. The fraction of sp³-hybridized carbons (Fsp3) is 0.611. The summed E-state index contributed by atoms with van der Waals surface area (Å²) in [5, 5.41) is 19.2. The summed E-state index contributed by atoms with van der Waals surface area (Å²) in [4.78, 5) is 2.42. The Bertz CT molecular complexity index is 511. The van der Waals surface area contributed by atoms with E-state index in [9.17, 15) is 5.11 Å². The number of β-amino-alcohol motifs (C(OH)–C–C–N with tert-alkyl or cyclic N) is 1. The number of nitriles is 1. The zero-order valence-electron chi connectivity index (χ0n) is 12.6. The molecule has 0 radical (unpaired) electrons. The van der Waals surface area contributed by atoms with Crippen LogP contribution in [0.5, 0.6) is 0 Å². The lowest BCUT2D eigenvalue weighted by molar-refractivity contribution is 0.111. The van der Waals surface area contributed by atoms with Crippen LogP contribution in [0.3, 0.4) is 0 Å². The zero-order valence-corrected chi connectivity index (χ0v) is 12.6. The summed E-state index contributed by atoms with van der Waals surface area (Å²) in [5.74, 6) is 0. The molecule has 1 unspecified atom stereocenters. The van der Waals surface area contributed by atoms with E-state index in [1.807, 2.05) is 12.1 Å². The second-order valence-corrected chi connectivity index (χ2v) is 6.80.